The SMILES string of the molecule is C[N+](C)(C)CCOC(=O)C(C(=O)OCC[N+](C)(C)C)C1C2CC3CC(C2)CC1C3. The second kappa shape index (κ2) is 8.54. The Hall–Kier alpha value is -1.14. The first-order chi connectivity index (χ1) is 13.4. The maximum atomic E-state index is 13.1. The van der Waals surface area contributed by atoms with Gasteiger partial charge in [-0.1, -0.05) is 0 Å². The molecule has 4 bridgehead atoms. The summed E-state index contributed by atoms with van der Waals surface area (Å²) in [5.74, 6) is 1.22. The topological polar surface area (TPSA) is 52.6 Å². The van der Waals surface area contributed by atoms with E-state index >= 15 is 0 Å². The molecule has 0 aromatic heterocycles. The monoisotopic (exact) mass is 410 g/mol. The molecule has 0 spiro atoms. The van der Waals surface area contributed by atoms with E-state index in [1.54, 1.807) is 0 Å². The molecule has 4 aliphatic rings. The van der Waals surface area contributed by atoms with Crippen LogP contribution in [0.5, 0.6) is 0 Å². The summed E-state index contributed by atoms with van der Waals surface area (Å²) < 4.78 is 12.7. The summed E-state index contributed by atoms with van der Waals surface area (Å²) in [7, 11) is 12.4. The van der Waals surface area contributed by atoms with Gasteiger partial charge < -0.3 is 18.4 Å². The molecule has 0 N–H and O–H groups in total. The highest BCUT2D eigenvalue weighted by atomic mass is 16.6. The van der Waals surface area contributed by atoms with Crippen molar-refractivity contribution in [3.8, 4) is 0 Å². The van der Waals surface area contributed by atoms with Crippen LogP contribution >= 0.6 is 0 Å². The Balaban J connectivity index is 1.69. The van der Waals surface area contributed by atoms with E-state index in [0.717, 1.165) is 33.9 Å². The molecule has 166 valence electrons. The van der Waals surface area contributed by atoms with E-state index in [2.05, 4.69) is 42.3 Å². The van der Waals surface area contributed by atoms with Crippen LogP contribution in [0.2, 0.25) is 0 Å². The third kappa shape index (κ3) is 5.94. The van der Waals surface area contributed by atoms with E-state index in [0.29, 0.717) is 25.0 Å². The van der Waals surface area contributed by atoms with Gasteiger partial charge in [0.2, 0.25) is 0 Å². The van der Waals surface area contributed by atoms with E-state index in [-0.39, 0.29) is 17.9 Å². The molecule has 0 radical (unpaired) electrons. The first-order valence-electron chi connectivity index (χ1n) is 11.4. The maximum absolute atomic E-state index is 13.1. The second-order valence-corrected chi connectivity index (χ2v) is 11.8. The highest BCUT2D eigenvalue weighted by Crippen LogP contribution is 2.58. The Morgan fingerprint density at radius 3 is 1.45 bits per heavy atom. The largest absolute Gasteiger partial charge is 0.459 e. The van der Waals surface area contributed by atoms with E-state index < -0.39 is 5.92 Å². The average Bonchev–Trinajstić information content (AvgIpc) is 2.54. The summed E-state index contributed by atoms with van der Waals surface area (Å²) in [5.41, 5.74) is 0. The number of carbonyl (C=O) groups is 2. The maximum Gasteiger partial charge on any atom is 0.320 e. The van der Waals surface area contributed by atoms with Gasteiger partial charge in [0.1, 0.15) is 26.3 Å². The molecule has 0 unspecified atom stereocenters. The molecule has 0 aromatic rings. The molecule has 0 aliphatic heterocycles. The van der Waals surface area contributed by atoms with Crippen LogP contribution in [0.3, 0.4) is 0 Å². The summed E-state index contributed by atoms with van der Waals surface area (Å²) in [5, 5.41) is 0. The number of likely N-dealkylation sites (N-methyl/N-ethyl adjacent to an activating group) is 2. The molecular formula is C23H42N2O4+2. The molecule has 0 heterocycles. The van der Waals surface area contributed by atoms with Gasteiger partial charge in [0.25, 0.3) is 0 Å². The third-order valence-electron chi connectivity index (χ3n) is 7.21. The molecule has 6 heteroatoms. The number of nitrogens with zero attached hydrogens (tertiary/aromatic N) is 2. The molecular weight excluding hydrogens is 368 g/mol. The Kier molecular flexibility index (Phi) is 6.64. The van der Waals surface area contributed by atoms with Crippen LogP contribution in [0.25, 0.3) is 0 Å². The first-order valence-corrected chi connectivity index (χ1v) is 11.4. The molecule has 4 rings (SSSR count). The number of hydrogen-bond donors (Lipinski definition) is 0. The van der Waals surface area contributed by atoms with Crippen molar-refractivity contribution in [1.82, 2.24) is 0 Å². The molecule has 0 saturated heterocycles. The second-order valence-electron chi connectivity index (χ2n) is 11.8. The lowest BCUT2D eigenvalue weighted by Gasteiger charge is -2.55. The fourth-order valence-corrected chi connectivity index (χ4v) is 5.94. The van der Waals surface area contributed by atoms with Crippen molar-refractivity contribution >= 4 is 11.9 Å². The highest BCUT2D eigenvalue weighted by molar-refractivity contribution is 5.95. The lowest BCUT2D eigenvalue weighted by atomic mass is 9.49. The van der Waals surface area contributed by atoms with Crippen LogP contribution in [0.15, 0.2) is 0 Å². The third-order valence-corrected chi connectivity index (χ3v) is 7.21. The van der Waals surface area contributed by atoms with E-state index in [1.807, 2.05) is 0 Å². The fourth-order valence-electron chi connectivity index (χ4n) is 5.94. The van der Waals surface area contributed by atoms with Gasteiger partial charge in [-0.3, -0.25) is 9.59 Å². The molecule has 4 fully saturated rings. The highest BCUT2D eigenvalue weighted by Gasteiger charge is 2.54. The van der Waals surface area contributed by atoms with E-state index in [9.17, 15) is 9.59 Å². The van der Waals surface area contributed by atoms with E-state index in [1.165, 1.54) is 32.1 Å². The summed E-state index contributed by atoms with van der Waals surface area (Å²) in [6, 6.07) is 0. The minimum Gasteiger partial charge on any atom is -0.459 e. The standard InChI is InChI=1S/C23H42N2O4/c1-24(2,3)7-9-28-22(26)21(23(27)29-10-8-25(4,5)6)20-18-12-16-11-17(14-18)15-19(20)13-16/h16-21H,7-15H2,1-6H3/q+2. The predicted molar refractivity (Wildman–Crippen MR) is 112 cm³/mol. The predicted octanol–water partition coefficient (Wildman–Crippen LogP) is 2.17. The van der Waals surface area contributed by atoms with Crippen LogP contribution in [0.4, 0.5) is 0 Å². The van der Waals surface area contributed by atoms with Crippen LogP contribution in [0, 0.1) is 35.5 Å². The molecule has 0 amide bonds. The summed E-state index contributed by atoms with van der Waals surface area (Å²) in [4.78, 5) is 26.2. The van der Waals surface area contributed by atoms with Crippen LogP contribution in [-0.2, 0) is 19.1 Å². The molecule has 4 saturated carbocycles. The number of quaternary nitrogens is 2. The summed E-state index contributed by atoms with van der Waals surface area (Å²) in [6.07, 6.45) is 6.05. The van der Waals surface area contributed by atoms with Gasteiger partial charge in [0, 0.05) is 0 Å². The van der Waals surface area contributed by atoms with Crippen molar-refractivity contribution in [3.05, 3.63) is 0 Å². The van der Waals surface area contributed by atoms with Crippen molar-refractivity contribution in [3.63, 3.8) is 0 Å². The zero-order chi connectivity index (χ0) is 21.4. The average molecular weight is 411 g/mol. The van der Waals surface area contributed by atoms with Gasteiger partial charge >= 0.3 is 11.9 Å². The lowest BCUT2D eigenvalue weighted by Crippen LogP contribution is -2.52. The molecule has 0 atom stereocenters. The minimum atomic E-state index is -0.745. The molecule has 6 nitrogen and oxygen atoms in total. The summed E-state index contributed by atoms with van der Waals surface area (Å²) >= 11 is 0. The Morgan fingerprint density at radius 2 is 1.10 bits per heavy atom. The van der Waals surface area contributed by atoms with Gasteiger partial charge in [-0.2, -0.15) is 0 Å². The zero-order valence-electron chi connectivity index (χ0n) is 19.4. The fraction of sp³-hybridized carbons (Fsp3) is 0.913. The van der Waals surface area contributed by atoms with E-state index in [4.69, 9.17) is 9.47 Å². The normalized spacial score (nSPS) is 31.2. The van der Waals surface area contributed by atoms with Crippen LogP contribution in [0.1, 0.15) is 32.1 Å². The van der Waals surface area contributed by atoms with Gasteiger partial charge in [0.05, 0.1) is 42.3 Å². The Labute approximate surface area is 176 Å². The van der Waals surface area contributed by atoms with Crippen LogP contribution < -0.4 is 0 Å². The quantitative estimate of drug-likeness (QED) is 0.332. The number of carbonyl (C=O) groups excluding carboxylic acids is 2. The number of rotatable bonds is 9. The lowest BCUT2D eigenvalue weighted by molar-refractivity contribution is -0.870. The van der Waals surface area contributed by atoms with Gasteiger partial charge in [-0.15, -0.1) is 0 Å². The van der Waals surface area contributed by atoms with Gasteiger partial charge in [-0.25, -0.2) is 0 Å². The van der Waals surface area contributed by atoms with Crippen molar-refractivity contribution in [2.45, 2.75) is 32.1 Å². The number of ether oxygens (including phenoxy) is 2. The van der Waals surface area contributed by atoms with Crippen molar-refractivity contribution in [1.29, 1.82) is 0 Å². The van der Waals surface area contributed by atoms with Crippen molar-refractivity contribution < 1.29 is 28.0 Å². The first kappa shape index (κ1) is 22.5. The zero-order valence-corrected chi connectivity index (χ0v) is 19.4. The molecule has 0 aromatic carbocycles. The Morgan fingerprint density at radius 1 is 0.724 bits per heavy atom. The number of esters is 2. The van der Waals surface area contributed by atoms with Crippen molar-refractivity contribution in [2.75, 3.05) is 68.6 Å². The van der Waals surface area contributed by atoms with Crippen LogP contribution in [-0.4, -0.2) is 89.5 Å². The minimum absolute atomic E-state index is 0.107. The molecule has 4 aliphatic carbocycles. The summed E-state index contributed by atoms with van der Waals surface area (Å²) in [6.45, 7) is 2.16. The van der Waals surface area contributed by atoms with Crippen molar-refractivity contribution in [2.24, 2.45) is 35.5 Å². The molecule has 29 heavy (non-hydrogen) atoms. The number of hydrogen-bond acceptors (Lipinski definition) is 4. The smallest absolute Gasteiger partial charge is 0.320 e. The Bertz CT molecular complexity index is 545. The van der Waals surface area contributed by atoms with Gasteiger partial charge in [0.15, 0.2) is 5.92 Å². The van der Waals surface area contributed by atoms with Gasteiger partial charge in [-0.05, 0) is 61.7 Å².